The van der Waals surface area contributed by atoms with Crippen LogP contribution >= 0.6 is 11.3 Å². The summed E-state index contributed by atoms with van der Waals surface area (Å²) in [5.74, 6) is -0.220. The van der Waals surface area contributed by atoms with E-state index in [0.29, 0.717) is 16.6 Å². The number of fused-ring (bicyclic) bond motifs is 1. The maximum absolute atomic E-state index is 13.4. The van der Waals surface area contributed by atoms with E-state index in [1.165, 1.54) is 22.2 Å². The molecule has 2 aromatic heterocycles. The van der Waals surface area contributed by atoms with Crippen LogP contribution in [0, 0.1) is 13.8 Å². The smallest absolute Gasteiger partial charge is 0.263 e. The fourth-order valence-corrected chi connectivity index (χ4v) is 4.69. The van der Waals surface area contributed by atoms with Gasteiger partial charge in [0.2, 0.25) is 5.91 Å². The highest BCUT2D eigenvalue weighted by atomic mass is 32.1. The second-order valence-corrected chi connectivity index (χ2v) is 8.30. The van der Waals surface area contributed by atoms with E-state index in [1.807, 2.05) is 68.6 Å². The summed E-state index contributed by atoms with van der Waals surface area (Å²) in [4.78, 5) is 31.6. The molecule has 0 aliphatic rings. The monoisotopic (exact) mass is 417 g/mol. The number of aryl methyl sites for hydroxylation is 2. The van der Waals surface area contributed by atoms with Crippen LogP contribution in [0.2, 0.25) is 0 Å². The lowest BCUT2D eigenvalue weighted by Gasteiger charge is -2.18. The van der Waals surface area contributed by atoms with Gasteiger partial charge in [0.05, 0.1) is 11.7 Å². The Bertz CT molecular complexity index is 1250. The number of carbonyl (C=O) groups excluding carboxylic acids is 1. The molecule has 2 heterocycles. The molecule has 0 spiro atoms. The summed E-state index contributed by atoms with van der Waals surface area (Å²) >= 11 is 1.44. The van der Waals surface area contributed by atoms with Crippen molar-refractivity contribution in [2.24, 2.45) is 0 Å². The molecule has 30 heavy (non-hydrogen) atoms. The van der Waals surface area contributed by atoms with Crippen LogP contribution in [0.5, 0.6) is 0 Å². The van der Waals surface area contributed by atoms with Crippen molar-refractivity contribution in [3.8, 4) is 11.1 Å². The number of aromatic nitrogens is 2. The first kappa shape index (κ1) is 20.0. The molecule has 0 saturated carbocycles. The Morgan fingerprint density at radius 3 is 2.50 bits per heavy atom. The van der Waals surface area contributed by atoms with Crippen molar-refractivity contribution in [2.75, 3.05) is 5.32 Å². The van der Waals surface area contributed by atoms with E-state index in [-0.39, 0.29) is 11.5 Å². The number of nitrogens with zero attached hydrogens (tertiary/aromatic N) is 2. The lowest BCUT2D eigenvalue weighted by molar-refractivity contribution is -0.119. The van der Waals surface area contributed by atoms with E-state index >= 15 is 0 Å². The van der Waals surface area contributed by atoms with E-state index in [9.17, 15) is 9.59 Å². The lowest BCUT2D eigenvalue weighted by atomic mass is 10.1. The lowest BCUT2D eigenvalue weighted by Crippen LogP contribution is -2.33. The van der Waals surface area contributed by atoms with Gasteiger partial charge in [-0.3, -0.25) is 14.2 Å². The van der Waals surface area contributed by atoms with Crippen molar-refractivity contribution in [3.05, 3.63) is 81.7 Å². The van der Waals surface area contributed by atoms with Gasteiger partial charge in [-0.15, -0.1) is 11.3 Å². The molecule has 0 aliphatic carbocycles. The molecule has 5 nitrogen and oxygen atoms in total. The maximum Gasteiger partial charge on any atom is 0.263 e. The fourth-order valence-electron chi connectivity index (χ4n) is 3.78. The van der Waals surface area contributed by atoms with Crippen LogP contribution in [-0.4, -0.2) is 15.5 Å². The second kappa shape index (κ2) is 8.24. The molecule has 1 amide bonds. The first-order chi connectivity index (χ1) is 14.5. The number of anilines is 1. The normalized spacial score (nSPS) is 12.1. The number of hydrogen-bond acceptors (Lipinski definition) is 4. The topological polar surface area (TPSA) is 64.0 Å². The van der Waals surface area contributed by atoms with Crippen LogP contribution < -0.4 is 10.9 Å². The molecule has 1 N–H and O–H groups in total. The molecule has 4 aromatic rings. The molecule has 2 aromatic carbocycles. The average molecular weight is 418 g/mol. The zero-order valence-corrected chi connectivity index (χ0v) is 18.0. The summed E-state index contributed by atoms with van der Waals surface area (Å²) < 4.78 is 1.46. The van der Waals surface area contributed by atoms with E-state index in [2.05, 4.69) is 16.4 Å². The molecule has 152 valence electrons. The Balaban J connectivity index is 1.74. The molecule has 0 fully saturated rings. The molecule has 0 radical (unpaired) electrons. The third-order valence-corrected chi connectivity index (χ3v) is 6.00. The van der Waals surface area contributed by atoms with Crippen molar-refractivity contribution in [1.29, 1.82) is 0 Å². The SMILES string of the molecule is CCC(C(=O)Nc1cc(C)cc(C)c1)n1cnc2scc(-c3ccccc3)c2c1=O. The van der Waals surface area contributed by atoms with E-state index < -0.39 is 6.04 Å². The van der Waals surface area contributed by atoms with Crippen molar-refractivity contribution >= 4 is 33.1 Å². The minimum Gasteiger partial charge on any atom is -0.324 e. The Labute approximate surface area is 179 Å². The molecular formula is C24H23N3O2S. The molecule has 1 unspecified atom stereocenters. The standard InChI is InChI=1S/C24H23N3O2S/c1-4-20(22(28)26-18-11-15(2)10-16(3)12-18)27-14-25-23-21(24(27)29)19(13-30-23)17-8-6-5-7-9-17/h5-14,20H,4H2,1-3H3,(H,26,28). The highest BCUT2D eigenvalue weighted by Crippen LogP contribution is 2.31. The maximum atomic E-state index is 13.4. The van der Waals surface area contributed by atoms with Gasteiger partial charge < -0.3 is 5.32 Å². The Morgan fingerprint density at radius 2 is 1.83 bits per heavy atom. The Hall–Kier alpha value is -3.25. The highest BCUT2D eigenvalue weighted by Gasteiger charge is 2.23. The zero-order valence-electron chi connectivity index (χ0n) is 17.2. The molecule has 0 aliphatic heterocycles. The van der Waals surface area contributed by atoms with Gasteiger partial charge in [-0.2, -0.15) is 0 Å². The highest BCUT2D eigenvalue weighted by molar-refractivity contribution is 7.17. The van der Waals surface area contributed by atoms with Gasteiger partial charge in [0.25, 0.3) is 5.56 Å². The fraction of sp³-hybridized carbons (Fsp3) is 0.208. The molecular weight excluding hydrogens is 394 g/mol. The van der Waals surface area contributed by atoms with E-state index in [1.54, 1.807) is 0 Å². The van der Waals surface area contributed by atoms with Gasteiger partial charge in [0.15, 0.2) is 0 Å². The van der Waals surface area contributed by atoms with Crippen LogP contribution in [0.15, 0.2) is 65.0 Å². The average Bonchev–Trinajstić information content (AvgIpc) is 3.15. The van der Waals surface area contributed by atoms with E-state index in [0.717, 1.165) is 27.9 Å². The summed E-state index contributed by atoms with van der Waals surface area (Å²) in [5, 5.41) is 5.48. The number of nitrogens with one attached hydrogen (secondary N) is 1. The first-order valence-corrected chi connectivity index (χ1v) is 10.8. The van der Waals surface area contributed by atoms with Crippen LogP contribution in [-0.2, 0) is 4.79 Å². The second-order valence-electron chi connectivity index (χ2n) is 7.44. The van der Waals surface area contributed by atoms with Crippen LogP contribution in [0.4, 0.5) is 5.69 Å². The van der Waals surface area contributed by atoms with Gasteiger partial charge in [-0.05, 0) is 49.1 Å². The van der Waals surface area contributed by atoms with Crippen molar-refractivity contribution in [1.82, 2.24) is 9.55 Å². The van der Waals surface area contributed by atoms with Gasteiger partial charge in [-0.25, -0.2) is 4.98 Å². The minimum absolute atomic E-state index is 0.192. The number of thiophene rings is 1. The molecule has 1 atom stereocenters. The van der Waals surface area contributed by atoms with Gasteiger partial charge in [-0.1, -0.05) is 43.3 Å². The summed E-state index contributed by atoms with van der Waals surface area (Å²) in [6.07, 6.45) is 1.97. The molecule has 4 rings (SSSR count). The number of hydrogen-bond donors (Lipinski definition) is 1. The van der Waals surface area contributed by atoms with Crippen molar-refractivity contribution < 1.29 is 4.79 Å². The summed E-state index contributed by atoms with van der Waals surface area (Å²) in [6.45, 7) is 5.88. The number of benzene rings is 2. The first-order valence-electron chi connectivity index (χ1n) is 9.91. The number of rotatable bonds is 5. The van der Waals surface area contributed by atoms with E-state index in [4.69, 9.17) is 0 Å². The number of amides is 1. The van der Waals surface area contributed by atoms with Crippen molar-refractivity contribution in [2.45, 2.75) is 33.2 Å². The molecule has 0 bridgehead atoms. The van der Waals surface area contributed by atoms with Crippen LogP contribution in [0.25, 0.3) is 21.3 Å². The molecule has 6 heteroatoms. The Kier molecular flexibility index (Phi) is 5.50. The third kappa shape index (κ3) is 3.78. The quantitative estimate of drug-likeness (QED) is 0.477. The molecule has 0 saturated heterocycles. The van der Waals surface area contributed by atoms with Gasteiger partial charge in [0, 0.05) is 16.6 Å². The van der Waals surface area contributed by atoms with Crippen LogP contribution in [0.3, 0.4) is 0 Å². The zero-order chi connectivity index (χ0) is 21.3. The minimum atomic E-state index is -0.640. The van der Waals surface area contributed by atoms with Crippen LogP contribution in [0.1, 0.15) is 30.5 Å². The number of carbonyl (C=O) groups is 1. The van der Waals surface area contributed by atoms with Crippen molar-refractivity contribution in [3.63, 3.8) is 0 Å². The third-order valence-electron chi connectivity index (χ3n) is 5.12. The predicted octanol–water partition coefficient (Wildman–Crippen LogP) is 5.33. The summed E-state index contributed by atoms with van der Waals surface area (Å²) in [6, 6.07) is 15.0. The largest absolute Gasteiger partial charge is 0.324 e. The van der Waals surface area contributed by atoms with Gasteiger partial charge in [0.1, 0.15) is 10.9 Å². The predicted molar refractivity (Wildman–Crippen MR) is 123 cm³/mol. The Morgan fingerprint density at radius 1 is 1.13 bits per heavy atom. The summed E-state index contributed by atoms with van der Waals surface area (Å²) in [5.41, 5.74) is 4.51. The van der Waals surface area contributed by atoms with Gasteiger partial charge >= 0.3 is 0 Å². The summed E-state index contributed by atoms with van der Waals surface area (Å²) in [7, 11) is 0.